The summed E-state index contributed by atoms with van der Waals surface area (Å²) in [5.41, 5.74) is 0. The van der Waals surface area contributed by atoms with E-state index in [2.05, 4.69) is 26.9 Å². The number of piperidine rings is 1. The lowest BCUT2D eigenvalue weighted by Gasteiger charge is -2.33. The van der Waals surface area contributed by atoms with Gasteiger partial charge in [0.1, 0.15) is 0 Å². The molecule has 134 valence electrons. The summed E-state index contributed by atoms with van der Waals surface area (Å²) in [5, 5.41) is 3.62. The van der Waals surface area contributed by atoms with Gasteiger partial charge in [0.05, 0.1) is 4.90 Å². The number of nitrogens with one attached hydrogen (secondary N) is 2. The summed E-state index contributed by atoms with van der Waals surface area (Å²) in [7, 11) is -1.80. The number of likely N-dealkylation sites (tertiary alicyclic amines) is 1. The van der Waals surface area contributed by atoms with Crippen LogP contribution in [0.1, 0.15) is 19.8 Å². The summed E-state index contributed by atoms with van der Waals surface area (Å²) in [6.45, 7) is 4.94. The summed E-state index contributed by atoms with van der Waals surface area (Å²) in [6, 6.07) is 6.22. The molecule has 1 atom stereocenters. The number of benzene rings is 1. The molecule has 8 heteroatoms. The first kappa shape index (κ1) is 19.0. The zero-order valence-corrected chi connectivity index (χ0v) is 15.7. The van der Waals surface area contributed by atoms with Crippen LogP contribution in [0.25, 0.3) is 0 Å². The van der Waals surface area contributed by atoms with Crippen LogP contribution in [0.5, 0.6) is 0 Å². The Bertz CT molecular complexity index is 678. The van der Waals surface area contributed by atoms with E-state index >= 15 is 0 Å². The highest BCUT2D eigenvalue weighted by molar-refractivity contribution is 7.89. The van der Waals surface area contributed by atoms with Crippen LogP contribution >= 0.6 is 11.6 Å². The van der Waals surface area contributed by atoms with Crippen molar-refractivity contribution in [2.75, 3.05) is 33.2 Å². The van der Waals surface area contributed by atoms with E-state index in [1.54, 1.807) is 19.2 Å². The second-order valence-electron chi connectivity index (χ2n) is 6.02. The van der Waals surface area contributed by atoms with E-state index in [4.69, 9.17) is 11.6 Å². The topological polar surface area (TPSA) is 73.8 Å². The lowest BCUT2D eigenvalue weighted by Crippen LogP contribution is -2.47. The van der Waals surface area contributed by atoms with Crippen molar-refractivity contribution >= 4 is 27.6 Å². The molecule has 1 aliphatic heterocycles. The quantitative estimate of drug-likeness (QED) is 0.470. The van der Waals surface area contributed by atoms with Crippen molar-refractivity contribution in [3.05, 3.63) is 29.3 Å². The third kappa shape index (κ3) is 5.36. The summed E-state index contributed by atoms with van der Waals surface area (Å²) >= 11 is 5.84. The van der Waals surface area contributed by atoms with E-state index in [9.17, 15) is 8.42 Å². The fourth-order valence-corrected chi connectivity index (χ4v) is 4.12. The molecule has 6 nitrogen and oxygen atoms in total. The van der Waals surface area contributed by atoms with Crippen molar-refractivity contribution in [2.24, 2.45) is 10.9 Å². The minimum absolute atomic E-state index is 0.171. The van der Waals surface area contributed by atoms with Crippen molar-refractivity contribution in [1.82, 2.24) is 14.9 Å². The molecule has 0 amide bonds. The first-order valence-corrected chi connectivity index (χ1v) is 9.99. The van der Waals surface area contributed by atoms with Gasteiger partial charge >= 0.3 is 0 Å². The number of nitrogens with zero attached hydrogens (tertiary/aromatic N) is 2. The van der Waals surface area contributed by atoms with E-state index in [1.165, 1.54) is 18.6 Å². The molecule has 2 N–H and O–H groups in total. The molecule has 0 radical (unpaired) electrons. The molecule has 1 aromatic rings. The van der Waals surface area contributed by atoms with Gasteiger partial charge in [-0.25, -0.2) is 13.1 Å². The van der Waals surface area contributed by atoms with Gasteiger partial charge in [-0.15, -0.1) is 0 Å². The standard InChI is InChI=1S/C16H25ClN4O2S/c1-13-5-4-10-21(12-13)16(18-2)19-8-9-20-24(22,23)15-7-3-6-14(17)11-15/h3,6-7,11,13,20H,4-5,8-10,12H2,1-2H3,(H,18,19). The van der Waals surface area contributed by atoms with Crippen molar-refractivity contribution < 1.29 is 8.42 Å². The Balaban J connectivity index is 1.83. The molecule has 1 fully saturated rings. The van der Waals surface area contributed by atoms with Crippen LogP contribution in [-0.2, 0) is 10.0 Å². The average Bonchev–Trinajstić information content (AvgIpc) is 2.55. The minimum atomic E-state index is -3.55. The van der Waals surface area contributed by atoms with Crippen molar-refractivity contribution in [3.63, 3.8) is 0 Å². The maximum atomic E-state index is 12.2. The van der Waals surface area contributed by atoms with Gasteiger partial charge in [0, 0.05) is 38.2 Å². The Kier molecular flexibility index (Phi) is 6.89. The molecule has 2 rings (SSSR count). The highest BCUT2D eigenvalue weighted by atomic mass is 35.5. The molecule has 1 aliphatic rings. The Morgan fingerprint density at radius 2 is 2.21 bits per heavy atom. The monoisotopic (exact) mass is 372 g/mol. The zero-order valence-electron chi connectivity index (χ0n) is 14.1. The fourth-order valence-electron chi connectivity index (χ4n) is 2.79. The number of aliphatic imine (C=N–C) groups is 1. The molecule has 0 bridgehead atoms. The van der Waals surface area contributed by atoms with Crippen LogP contribution in [0, 0.1) is 5.92 Å². The molecular weight excluding hydrogens is 348 g/mol. The summed E-state index contributed by atoms with van der Waals surface area (Å²) < 4.78 is 27.0. The predicted molar refractivity (Wildman–Crippen MR) is 98.0 cm³/mol. The SMILES string of the molecule is CN=C(NCCNS(=O)(=O)c1cccc(Cl)c1)N1CCCC(C)C1. The number of sulfonamides is 1. The normalized spacial score (nSPS) is 19.4. The fraction of sp³-hybridized carbons (Fsp3) is 0.562. The average molecular weight is 373 g/mol. The van der Waals surface area contributed by atoms with Gasteiger partial charge in [-0.05, 0) is 37.0 Å². The maximum absolute atomic E-state index is 12.2. The largest absolute Gasteiger partial charge is 0.355 e. The van der Waals surface area contributed by atoms with Crippen molar-refractivity contribution in [1.29, 1.82) is 0 Å². The highest BCUT2D eigenvalue weighted by Crippen LogP contribution is 2.16. The molecule has 0 aliphatic carbocycles. The molecule has 24 heavy (non-hydrogen) atoms. The number of hydrogen-bond acceptors (Lipinski definition) is 3. The molecular formula is C16H25ClN4O2S. The molecule has 0 saturated carbocycles. The molecule has 0 spiro atoms. The van der Waals surface area contributed by atoms with Gasteiger partial charge in [-0.1, -0.05) is 24.6 Å². The van der Waals surface area contributed by atoms with Crippen LogP contribution < -0.4 is 10.0 Å². The first-order chi connectivity index (χ1) is 11.4. The number of hydrogen-bond donors (Lipinski definition) is 2. The third-order valence-corrected chi connectivity index (χ3v) is 5.67. The lowest BCUT2D eigenvalue weighted by molar-refractivity contribution is 0.266. The minimum Gasteiger partial charge on any atom is -0.355 e. The van der Waals surface area contributed by atoms with Gasteiger partial charge in [0.2, 0.25) is 10.0 Å². The van der Waals surface area contributed by atoms with Gasteiger partial charge in [0.25, 0.3) is 0 Å². The first-order valence-electron chi connectivity index (χ1n) is 8.13. The van der Waals surface area contributed by atoms with Crippen LogP contribution in [0.4, 0.5) is 0 Å². The third-order valence-electron chi connectivity index (χ3n) is 3.97. The second kappa shape index (κ2) is 8.69. The Hall–Kier alpha value is -1.31. The second-order valence-corrected chi connectivity index (χ2v) is 8.23. The van der Waals surface area contributed by atoms with E-state index in [1.807, 2.05) is 0 Å². The van der Waals surface area contributed by atoms with Crippen LogP contribution in [0.15, 0.2) is 34.2 Å². The van der Waals surface area contributed by atoms with E-state index in [0.29, 0.717) is 17.5 Å². The van der Waals surface area contributed by atoms with E-state index in [-0.39, 0.29) is 11.4 Å². The Morgan fingerprint density at radius 3 is 2.88 bits per heavy atom. The van der Waals surface area contributed by atoms with Crippen molar-refractivity contribution in [2.45, 2.75) is 24.7 Å². The Labute approximate surface area is 149 Å². The zero-order chi connectivity index (χ0) is 17.6. The van der Waals surface area contributed by atoms with Gasteiger partial charge in [-0.2, -0.15) is 0 Å². The van der Waals surface area contributed by atoms with Crippen molar-refractivity contribution in [3.8, 4) is 0 Å². The van der Waals surface area contributed by atoms with Crippen LogP contribution in [0.3, 0.4) is 0 Å². The molecule has 1 unspecified atom stereocenters. The predicted octanol–water partition coefficient (Wildman–Crippen LogP) is 1.93. The van der Waals surface area contributed by atoms with Crippen LogP contribution in [0.2, 0.25) is 5.02 Å². The molecule has 0 aromatic heterocycles. The molecule has 1 heterocycles. The summed E-state index contributed by atoms with van der Waals surface area (Å²) in [5.74, 6) is 1.47. The number of rotatable bonds is 5. The summed E-state index contributed by atoms with van der Waals surface area (Å²) in [6.07, 6.45) is 2.40. The lowest BCUT2D eigenvalue weighted by atomic mass is 10.0. The molecule has 1 saturated heterocycles. The van der Waals surface area contributed by atoms with Gasteiger partial charge in [-0.3, -0.25) is 4.99 Å². The van der Waals surface area contributed by atoms with Crippen LogP contribution in [-0.4, -0.2) is 52.5 Å². The Morgan fingerprint density at radius 1 is 1.42 bits per heavy atom. The maximum Gasteiger partial charge on any atom is 0.240 e. The van der Waals surface area contributed by atoms with E-state index in [0.717, 1.165) is 25.5 Å². The summed E-state index contributed by atoms with van der Waals surface area (Å²) in [4.78, 5) is 6.68. The number of halogens is 1. The van der Waals surface area contributed by atoms with Gasteiger partial charge in [0.15, 0.2) is 5.96 Å². The van der Waals surface area contributed by atoms with Gasteiger partial charge < -0.3 is 10.2 Å². The van der Waals surface area contributed by atoms with E-state index < -0.39 is 10.0 Å². The highest BCUT2D eigenvalue weighted by Gasteiger charge is 2.19. The number of guanidine groups is 1. The smallest absolute Gasteiger partial charge is 0.240 e. The molecule has 1 aromatic carbocycles.